The Labute approximate surface area is 111 Å². The maximum absolute atomic E-state index is 11.7. The van der Waals surface area contributed by atoms with E-state index < -0.39 is 9.84 Å². The Hall–Kier alpha value is -1.63. The van der Waals surface area contributed by atoms with Crippen LogP contribution >= 0.6 is 0 Å². The van der Waals surface area contributed by atoms with Gasteiger partial charge in [0.25, 0.3) is 0 Å². The summed E-state index contributed by atoms with van der Waals surface area (Å²) in [4.78, 5) is 4.33. The van der Waals surface area contributed by atoms with E-state index in [-0.39, 0.29) is 5.25 Å². The van der Waals surface area contributed by atoms with Gasteiger partial charge in [0.15, 0.2) is 15.5 Å². The average molecular weight is 280 g/mol. The normalized spacial score (nSPS) is 21.8. The molecule has 1 saturated heterocycles. The quantitative estimate of drug-likeness (QED) is 0.908. The number of rotatable bonds is 3. The second-order valence-corrected chi connectivity index (χ2v) is 7.29. The zero-order valence-electron chi connectivity index (χ0n) is 10.7. The van der Waals surface area contributed by atoms with Crippen LogP contribution in [0.15, 0.2) is 18.2 Å². The third-order valence-corrected chi connectivity index (χ3v) is 5.78. The molecule has 102 valence electrons. The first kappa shape index (κ1) is 12.4. The minimum atomic E-state index is -2.92. The highest BCUT2D eigenvalue weighted by Crippen LogP contribution is 2.20. The van der Waals surface area contributed by atoms with Gasteiger partial charge in [-0.3, -0.25) is 0 Å². The molecule has 1 fully saturated rings. The van der Waals surface area contributed by atoms with Gasteiger partial charge in [-0.15, -0.1) is 5.10 Å². The number of nitrogens with zero attached hydrogens (tertiary/aromatic N) is 3. The highest BCUT2D eigenvalue weighted by atomic mass is 32.2. The number of nitrogens with one attached hydrogen (secondary N) is 1. The van der Waals surface area contributed by atoms with Gasteiger partial charge in [0.2, 0.25) is 5.95 Å². The molecule has 2 aromatic heterocycles. The van der Waals surface area contributed by atoms with Gasteiger partial charge in [0.05, 0.1) is 11.0 Å². The summed E-state index contributed by atoms with van der Waals surface area (Å²) >= 11 is 0. The Morgan fingerprint density at radius 3 is 3.00 bits per heavy atom. The lowest BCUT2D eigenvalue weighted by atomic mass is 10.2. The maximum atomic E-state index is 11.7. The molecule has 0 amide bonds. The van der Waals surface area contributed by atoms with Gasteiger partial charge in [-0.2, -0.15) is 4.98 Å². The fourth-order valence-corrected chi connectivity index (χ4v) is 4.17. The molecule has 0 aromatic carbocycles. The Kier molecular flexibility index (Phi) is 2.93. The van der Waals surface area contributed by atoms with Gasteiger partial charge in [0, 0.05) is 12.2 Å². The second-order valence-electron chi connectivity index (χ2n) is 4.88. The molecule has 7 heteroatoms. The first-order valence-electron chi connectivity index (χ1n) is 6.34. The predicted molar refractivity (Wildman–Crippen MR) is 73.0 cm³/mol. The standard InChI is InChI=1S/C12H16N4O2S/c1-9-4-2-6-11-14-12(15-16(9)11)13-8-10-5-3-7-19(10,17)18/h2,4,6,10H,3,5,7-8H2,1H3,(H,13,15). The number of anilines is 1. The molecule has 0 aliphatic carbocycles. The van der Waals surface area contributed by atoms with Crippen LogP contribution < -0.4 is 5.32 Å². The molecule has 1 aliphatic rings. The summed E-state index contributed by atoms with van der Waals surface area (Å²) in [7, 11) is -2.92. The van der Waals surface area contributed by atoms with Crippen molar-refractivity contribution in [1.29, 1.82) is 0 Å². The molecule has 1 aliphatic heterocycles. The summed E-state index contributed by atoms with van der Waals surface area (Å²) in [5, 5.41) is 7.05. The highest BCUT2D eigenvalue weighted by molar-refractivity contribution is 7.92. The summed E-state index contributed by atoms with van der Waals surface area (Å²) in [6.07, 6.45) is 1.48. The van der Waals surface area contributed by atoms with Crippen molar-refractivity contribution in [3.63, 3.8) is 0 Å². The number of sulfone groups is 1. The van der Waals surface area contributed by atoms with Crippen molar-refractivity contribution in [2.24, 2.45) is 0 Å². The highest BCUT2D eigenvalue weighted by Gasteiger charge is 2.31. The first-order chi connectivity index (χ1) is 9.06. The van der Waals surface area contributed by atoms with Crippen molar-refractivity contribution in [3.8, 4) is 0 Å². The first-order valence-corrected chi connectivity index (χ1v) is 8.06. The van der Waals surface area contributed by atoms with Crippen LogP contribution in [0.25, 0.3) is 5.65 Å². The van der Waals surface area contributed by atoms with Gasteiger partial charge in [-0.1, -0.05) is 6.07 Å². The molecule has 3 heterocycles. The Bertz CT molecular complexity index is 708. The van der Waals surface area contributed by atoms with E-state index in [0.717, 1.165) is 24.2 Å². The molecule has 6 nitrogen and oxygen atoms in total. The number of hydrogen-bond donors (Lipinski definition) is 1. The van der Waals surface area contributed by atoms with E-state index >= 15 is 0 Å². The zero-order chi connectivity index (χ0) is 13.5. The summed E-state index contributed by atoms with van der Waals surface area (Å²) in [6.45, 7) is 2.34. The van der Waals surface area contributed by atoms with Crippen LogP contribution in [-0.2, 0) is 9.84 Å². The third kappa shape index (κ3) is 2.30. The van der Waals surface area contributed by atoms with E-state index in [9.17, 15) is 8.42 Å². The molecular formula is C12H16N4O2S. The Morgan fingerprint density at radius 1 is 1.47 bits per heavy atom. The lowest BCUT2D eigenvalue weighted by Gasteiger charge is -2.08. The monoisotopic (exact) mass is 280 g/mol. The van der Waals surface area contributed by atoms with Crippen LogP contribution in [0.3, 0.4) is 0 Å². The third-order valence-electron chi connectivity index (χ3n) is 3.50. The van der Waals surface area contributed by atoms with Gasteiger partial charge in [-0.05, 0) is 31.9 Å². The van der Waals surface area contributed by atoms with Crippen molar-refractivity contribution in [2.45, 2.75) is 25.0 Å². The minimum absolute atomic E-state index is 0.303. The summed E-state index contributed by atoms with van der Waals surface area (Å²) in [5.41, 5.74) is 1.75. The van der Waals surface area contributed by atoms with Gasteiger partial charge >= 0.3 is 0 Å². The molecule has 2 aromatic rings. The van der Waals surface area contributed by atoms with Crippen molar-refractivity contribution in [3.05, 3.63) is 23.9 Å². The Balaban J connectivity index is 1.77. The lowest BCUT2D eigenvalue weighted by Crippen LogP contribution is -2.25. The predicted octanol–water partition coefficient (Wildman–Crippen LogP) is 1.03. The van der Waals surface area contributed by atoms with Gasteiger partial charge in [-0.25, -0.2) is 12.9 Å². The zero-order valence-corrected chi connectivity index (χ0v) is 11.5. The Morgan fingerprint density at radius 2 is 2.32 bits per heavy atom. The number of pyridine rings is 1. The van der Waals surface area contributed by atoms with Gasteiger partial charge < -0.3 is 5.32 Å². The van der Waals surface area contributed by atoms with Crippen molar-refractivity contribution < 1.29 is 8.42 Å². The number of aryl methyl sites for hydroxylation is 1. The smallest absolute Gasteiger partial charge is 0.243 e. The maximum Gasteiger partial charge on any atom is 0.243 e. The molecule has 0 spiro atoms. The average Bonchev–Trinajstić information content (AvgIpc) is 2.90. The van der Waals surface area contributed by atoms with Crippen LogP contribution in [-0.4, -0.2) is 40.6 Å². The van der Waals surface area contributed by atoms with Crippen molar-refractivity contribution in [2.75, 3.05) is 17.6 Å². The molecule has 0 bridgehead atoms. The van der Waals surface area contributed by atoms with Crippen LogP contribution in [0.2, 0.25) is 0 Å². The molecule has 0 saturated carbocycles. The van der Waals surface area contributed by atoms with Crippen LogP contribution in [0.5, 0.6) is 0 Å². The molecule has 1 unspecified atom stereocenters. The van der Waals surface area contributed by atoms with E-state index in [1.807, 2.05) is 25.1 Å². The summed E-state index contributed by atoms with van der Waals surface area (Å²) in [5.74, 6) is 0.785. The number of hydrogen-bond acceptors (Lipinski definition) is 5. The lowest BCUT2D eigenvalue weighted by molar-refractivity contribution is 0.591. The van der Waals surface area contributed by atoms with Crippen molar-refractivity contribution >= 4 is 21.4 Å². The van der Waals surface area contributed by atoms with Crippen molar-refractivity contribution in [1.82, 2.24) is 14.6 Å². The van der Waals surface area contributed by atoms with Crippen LogP contribution in [0.1, 0.15) is 18.5 Å². The molecule has 3 rings (SSSR count). The molecule has 1 atom stereocenters. The SMILES string of the molecule is Cc1cccc2nc(NCC3CCCS3(=O)=O)nn12. The van der Waals surface area contributed by atoms with Crippen LogP contribution in [0, 0.1) is 6.92 Å². The molecular weight excluding hydrogens is 264 g/mol. The largest absolute Gasteiger partial charge is 0.352 e. The van der Waals surface area contributed by atoms with E-state index in [2.05, 4.69) is 15.4 Å². The second kappa shape index (κ2) is 4.48. The fraction of sp³-hybridized carbons (Fsp3) is 0.500. The number of aromatic nitrogens is 3. The summed E-state index contributed by atoms with van der Waals surface area (Å²) < 4.78 is 25.2. The molecule has 19 heavy (non-hydrogen) atoms. The van der Waals surface area contributed by atoms with E-state index in [4.69, 9.17) is 0 Å². The van der Waals surface area contributed by atoms with Crippen LogP contribution in [0.4, 0.5) is 5.95 Å². The number of fused-ring (bicyclic) bond motifs is 1. The van der Waals surface area contributed by atoms with E-state index in [1.54, 1.807) is 4.52 Å². The van der Waals surface area contributed by atoms with E-state index in [0.29, 0.717) is 18.2 Å². The fourth-order valence-electron chi connectivity index (χ4n) is 2.40. The topological polar surface area (TPSA) is 76.4 Å². The van der Waals surface area contributed by atoms with E-state index in [1.165, 1.54) is 0 Å². The molecule has 0 radical (unpaired) electrons. The minimum Gasteiger partial charge on any atom is -0.352 e. The van der Waals surface area contributed by atoms with Gasteiger partial charge in [0.1, 0.15) is 0 Å². The summed E-state index contributed by atoms with van der Waals surface area (Å²) in [6, 6.07) is 5.74. The molecule has 1 N–H and O–H groups in total.